The molecular formula is C15H22O3. The van der Waals surface area contributed by atoms with Crippen LogP contribution in [0.3, 0.4) is 0 Å². The van der Waals surface area contributed by atoms with Crippen LogP contribution in [0.25, 0.3) is 0 Å². The third-order valence-corrected chi connectivity index (χ3v) is 2.97. The highest BCUT2D eigenvalue weighted by Crippen LogP contribution is 2.34. The standard InChI is InChI=1S/C15H22O3/c1-10-8-11(6-7-13(16)18-5)14(17)12(9-10)15(2,3)4/h8-9,17H,6-7H2,1-5H3. The number of esters is 1. The Morgan fingerprint density at radius 1 is 1.33 bits per heavy atom. The van der Waals surface area contributed by atoms with E-state index < -0.39 is 0 Å². The molecule has 0 aliphatic heterocycles. The second kappa shape index (κ2) is 5.42. The second-order valence-corrected chi connectivity index (χ2v) is 5.65. The monoisotopic (exact) mass is 250 g/mol. The maximum absolute atomic E-state index is 11.2. The minimum absolute atomic E-state index is 0.115. The van der Waals surface area contributed by atoms with Crippen LogP contribution in [0.2, 0.25) is 0 Å². The molecule has 0 unspecified atom stereocenters. The largest absolute Gasteiger partial charge is 0.507 e. The van der Waals surface area contributed by atoms with Crippen molar-refractivity contribution in [3.63, 3.8) is 0 Å². The van der Waals surface area contributed by atoms with Gasteiger partial charge in [0.2, 0.25) is 0 Å². The van der Waals surface area contributed by atoms with Crippen LogP contribution in [0.15, 0.2) is 12.1 Å². The molecule has 100 valence electrons. The van der Waals surface area contributed by atoms with E-state index in [-0.39, 0.29) is 17.8 Å². The molecule has 1 N–H and O–H groups in total. The van der Waals surface area contributed by atoms with Crippen LogP contribution < -0.4 is 0 Å². The number of rotatable bonds is 3. The molecule has 0 spiro atoms. The number of methoxy groups -OCH3 is 1. The Kier molecular flexibility index (Phi) is 4.38. The van der Waals surface area contributed by atoms with Gasteiger partial charge in [-0.15, -0.1) is 0 Å². The molecule has 0 fully saturated rings. The summed E-state index contributed by atoms with van der Waals surface area (Å²) in [6.07, 6.45) is 0.792. The molecule has 0 heterocycles. The lowest BCUT2D eigenvalue weighted by Gasteiger charge is -2.22. The van der Waals surface area contributed by atoms with Crippen molar-refractivity contribution >= 4 is 5.97 Å². The van der Waals surface area contributed by atoms with Crippen LogP contribution >= 0.6 is 0 Å². The minimum Gasteiger partial charge on any atom is -0.507 e. The first-order valence-corrected chi connectivity index (χ1v) is 6.15. The minimum atomic E-state index is -0.256. The SMILES string of the molecule is COC(=O)CCc1cc(C)cc(C(C)(C)C)c1O. The Labute approximate surface area is 109 Å². The van der Waals surface area contributed by atoms with Gasteiger partial charge in [-0.25, -0.2) is 0 Å². The molecule has 0 aromatic heterocycles. The number of hydrogen-bond acceptors (Lipinski definition) is 3. The molecule has 0 bridgehead atoms. The Hall–Kier alpha value is -1.51. The summed E-state index contributed by atoms with van der Waals surface area (Å²) in [6, 6.07) is 3.92. The van der Waals surface area contributed by atoms with Crippen molar-refractivity contribution in [3.8, 4) is 5.75 Å². The number of ether oxygens (including phenoxy) is 1. The molecule has 0 saturated heterocycles. The average Bonchev–Trinajstić information content (AvgIpc) is 2.27. The van der Waals surface area contributed by atoms with Gasteiger partial charge in [-0.2, -0.15) is 0 Å². The summed E-state index contributed by atoms with van der Waals surface area (Å²) in [7, 11) is 1.37. The van der Waals surface area contributed by atoms with Crippen molar-refractivity contribution in [2.75, 3.05) is 7.11 Å². The van der Waals surface area contributed by atoms with Gasteiger partial charge in [0.1, 0.15) is 5.75 Å². The molecule has 1 aromatic rings. The highest BCUT2D eigenvalue weighted by molar-refractivity contribution is 5.69. The van der Waals surface area contributed by atoms with Gasteiger partial charge in [-0.1, -0.05) is 38.5 Å². The third-order valence-electron chi connectivity index (χ3n) is 2.97. The van der Waals surface area contributed by atoms with Crippen molar-refractivity contribution in [2.45, 2.75) is 46.0 Å². The molecule has 0 atom stereocenters. The zero-order chi connectivity index (χ0) is 13.9. The summed E-state index contributed by atoms with van der Waals surface area (Å²) >= 11 is 0. The predicted molar refractivity (Wildman–Crippen MR) is 71.9 cm³/mol. The molecule has 1 rings (SSSR count). The number of aromatic hydroxyl groups is 1. The van der Waals surface area contributed by atoms with Crippen LogP contribution in [0.4, 0.5) is 0 Å². The van der Waals surface area contributed by atoms with E-state index in [0.29, 0.717) is 12.2 Å². The van der Waals surface area contributed by atoms with Gasteiger partial charge in [0, 0.05) is 6.42 Å². The van der Waals surface area contributed by atoms with E-state index >= 15 is 0 Å². The molecular weight excluding hydrogens is 228 g/mol. The molecule has 3 heteroatoms. The van der Waals surface area contributed by atoms with E-state index in [4.69, 9.17) is 0 Å². The van der Waals surface area contributed by atoms with Gasteiger partial charge in [0.25, 0.3) is 0 Å². The fourth-order valence-corrected chi connectivity index (χ4v) is 1.95. The van der Waals surface area contributed by atoms with Crippen LogP contribution in [-0.2, 0) is 21.4 Å². The lowest BCUT2D eigenvalue weighted by atomic mass is 9.83. The maximum Gasteiger partial charge on any atom is 0.305 e. The number of benzene rings is 1. The fraction of sp³-hybridized carbons (Fsp3) is 0.533. The van der Waals surface area contributed by atoms with E-state index in [1.807, 2.05) is 19.1 Å². The normalized spacial score (nSPS) is 11.4. The Bertz CT molecular complexity index is 442. The third kappa shape index (κ3) is 3.49. The molecule has 0 aliphatic carbocycles. The summed E-state index contributed by atoms with van der Waals surface area (Å²) in [5.41, 5.74) is 2.71. The second-order valence-electron chi connectivity index (χ2n) is 5.65. The Balaban J connectivity index is 3.06. The average molecular weight is 250 g/mol. The molecule has 1 aromatic carbocycles. The molecule has 3 nitrogen and oxygen atoms in total. The van der Waals surface area contributed by atoms with Gasteiger partial charge in [-0.05, 0) is 29.9 Å². The van der Waals surface area contributed by atoms with Crippen molar-refractivity contribution < 1.29 is 14.6 Å². The first-order chi connectivity index (χ1) is 8.25. The lowest BCUT2D eigenvalue weighted by Crippen LogP contribution is -2.13. The number of hydrogen-bond donors (Lipinski definition) is 1. The zero-order valence-corrected chi connectivity index (χ0v) is 11.8. The number of carbonyl (C=O) groups excluding carboxylic acids is 1. The van der Waals surface area contributed by atoms with E-state index in [9.17, 15) is 9.90 Å². The van der Waals surface area contributed by atoms with Gasteiger partial charge in [-0.3, -0.25) is 4.79 Å². The summed E-state index contributed by atoms with van der Waals surface area (Å²) < 4.78 is 4.62. The first-order valence-electron chi connectivity index (χ1n) is 6.15. The summed E-state index contributed by atoms with van der Waals surface area (Å²) in [5.74, 6) is 0.0465. The van der Waals surface area contributed by atoms with Crippen LogP contribution in [0, 0.1) is 6.92 Å². The summed E-state index contributed by atoms with van der Waals surface area (Å²) in [4.78, 5) is 11.2. The maximum atomic E-state index is 11.2. The van der Waals surface area contributed by atoms with E-state index in [1.54, 1.807) is 0 Å². The molecule has 0 saturated carbocycles. The zero-order valence-electron chi connectivity index (χ0n) is 11.8. The van der Waals surface area contributed by atoms with Crippen molar-refractivity contribution in [2.24, 2.45) is 0 Å². The van der Waals surface area contributed by atoms with E-state index in [0.717, 1.165) is 16.7 Å². The van der Waals surface area contributed by atoms with Gasteiger partial charge >= 0.3 is 5.97 Å². The first kappa shape index (κ1) is 14.6. The predicted octanol–water partition coefficient (Wildman–Crippen LogP) is 3.10. The van der Waals surface area contributed by atoms with Gasteiger partial charge in [0.15, 0.2) is 0 Å². The summed E-state index contributed by atoms with van der Waals surface area (Å²) in [6.45, 7) is 8.18. The topological polar surface area (TPSA) is 46.5 Å². The van der Waals surface area contributed by atoms with Crippen molar-refractivity contribution in [1.82, 2.24) is 0 Å². The van der Waals surface area contributed by atoms with Crippen molar-refractivity contribution in [3.05, 3.63) is 28.8 Å². The van der Waals surface area contributed by atoms with E-state index in [1.165, 1.54) is 7.11 Å². The van der Waals surface area contributed by atoms with Crippen LogP contribution in [0.1, 0.15) is 43.9 Å². The number of phenols is 1. The van der Waals surface area contributed by atoms with Gasteiger partial charge in [0.05, 0.1) is 7.11 Å². The summed E-state index contributed by atoms with van der Waals surface area (Å²) in [5, 5.41) is 10.3. The van der Waals surface area contributed by atoms with Gasteiger partial charge < -0.3 is 9.84 Å². The number of aryl methyl sites for hydroxylation is 2. The lowest BCUT2D eigenvalue weighted by molar-refractivity contribution is -0.140. The van der Waals surface area contributed by atoms with Crippen LogP contribution in [-0.4, -0.2) is 18.2 Å². The fourth-order valence-electron chi connectivity index (χ4n) is 1.95. The highest BCUT2D eigenvalue weighted by Gasteiger charge is 2.20. The van der Waals surface area contributed by atoms with E-state index in [2.05, 4.69) is 25.5 Å². The number of phenolic OH excluding ortho intramolecular Hbond substituents is 1. The van der Waals surface area contributed by atoms with Crippen LogP contribution in [0.5, 0.6) is 5.75 Å². The molecule has 0 amide bonds. The Morgan fingerprint density at radius 2 is 1.94 bits per heavy atom. The number of carbonyl (C=O) groups is 1. The molecule has 0 radical (unpaired) electrons. The molecule has 18 heavy (non-hydrogen) atoms. The van der Waals surface area contributed by atoms with Crippen molar-refractivity contribution in [1.29, 1.82) is 0 Å². The smallest absolute Gasteiger partial charge is 0.305 e. The Morgan fingerprint density at radius 3 is 2.44 bits per heavy atom. The quantitative estimate of drug-likeness (QED) is 0.838. The molecule has 0 aliphatic rings. The highest BCUT2D eigenvalue weighted by atomic mass is 16.5.